The molecular weight excluding hydrogens is 426 g/mol. The van der Waals surface area contributed by atoms with Gasteiger partial charge in [-0.05, 0) is 42.2 Å². The predicted octanol–water partition coefficient (Wildman–Crippen LogP) is 5.85. The molecule has 0 radical (unpaired) electrons. The van der Waals surface area contributed by atoms with Crippen LogP contribution < -0.4 is 5.32 Å². The maximum Gasteiger partial charge on any atom is 0.238 e. The molecule has 1 amide bonds. The van der Waals surface area contributed by atoms with Gasteiger partial charge in [0.25, 0.3) is 0 Å². The van der Waals surface area contributed by atoms with Crippen LogP contribution in [0.3, 0.4) is 0 Å². The average molecular weight is 448 g/mol. The Kier molecular flexibility index (Phi) is 5.70. The van der Waals surface area contributed by atoms with Crippen LogP contribution in [0, 0.1) is 0 Å². The summed E-state index contributed by atoms with van der Waals surface area (Å²) in [5.74, 6) is 0.0371. The van der Waals surface area contributed by atoms with Gasteiger partial charge >= 0.3 is 0 Å². The molecule has 1 aromatic heterocycles. The minimum absolute atomic E-state index is 0.0371. The third-order valence-electron chi connectivity index (χ3n) is 5.35. The lowest BCUT2D eigenvalue weighted by molar-refractivity contribution is -0.120. The molecule has 1 unspecified atom stereocenters. The molecule has 1 N–H and O–H groups in total. The first-order chi connectivity index (χ1) is 15.2. The van der Waals surface area contributed by atoms with Crippen LogP contribution in [0.15, 0.2) is 84.0 Å². The van der Waals surface area contributed by atoms with Crippen molar-refractivity contribution in [2.75, 3.05) is 0 Å². The van der Waals surface area contributed by atoms with E-state index >= 15 is 0 Å². The number of aromatic nitrogens is 2. The molecule has 1 saturated carbocycles. The lowest BCUT2D eigenvalue weighted by atomic mass is 10.1. The van der Waals surface area contributed by atoms with Gasteiger partial charge in [0.1, 0.15) is 5.25 Å². The number of hydrogen-bond acceptors (Lipinski definition) is 3. The van der Waals surface area contributed by atoms with Crippen molar-refractivity contribution in [2.45, 2.75) is 35.8 Å². The molecule has 31 heavy (non-hydrogen) atoms. The first kappa shape index (κ1) is 20.2. The Morgan fingerprint density at radius 1 is 1.06 bits per heavy atom. The van der Waals surface area contributed by atoms with Crippen molar-refractivity contribution >= 4 is 40.3 Å². The van der Waals surface area contributed by atoms with E-state index in [1.165, 1.54) is 17.3 Å². The fraction of sp³-hybridized carbons (Fsp3) is 0.200. The lowest BCUT2D eigenvalue weighted by Gasteiger charge is -2.17. The molecule has 4 nitrogen and oxygen atoms in total. The van der Waals surface area contributed by atoms with Crippen LogP contribution >= 0.6 is 23.4 Å². The summed E-state index contributed by atoms with van der Waals surface area (Å²) in [5, 5.41) is 4.25. The van der Waals surface area contributed by atoms with Crippen LogP contribution in [-0.4, -0.2) is 21.5 Å². The van der Waals surface area contributed by atoms with E-state index in [0.29, 0.717) is 17.6 Å². The van der Waals surface area contributed by atoms with E-state index in [2.05, 4.69) is 22.0 Å². The molecule has 0 aliphatic heterocycles. The van der Waals surface area contributed by atoms with Crippen molar-refractivity contribution in [3.05, 3.63) is 95.0 Å². The number of rotatable bonds is 7. The Morgan fingerprint density at radius 3 is 2.48 bits per heavy atom. The number of halogens is 1. The molecule has 1 aliphatic carbocycles. The van der Waals surface area contributed by atoms with Crippen molar-refractivity contribution < 1.29 is 4.79 Å². The maximum atomic E-state index is 13.1. The highest BCUT2D eigenvalue weighted by Gasteiger charge is 2.30. The van der Waals surface area contributed by atoms with Crippen LogP contribution in [-0.2, 0) is 11.3 Å². The van der Waals surface area contributed by atoms with Gasteiger partial charge in [-0.1, -0.05) is 84.0 Å². The second-order valence-electron chi connectivity index (χ2n) is 7.79. The summed E-state index contributed by atoms with van der Waals surface area (Å²) in [7, 11) is 0. The number of amides is 1. The lowest BCUT2D eigenvalue weighted by Crippen LogP contribution is -2.30. The van der Waals surface area contributed by atoms with E-state index in [0.717, 1.165) is 34.6 Å². The summed E-state index contributed by atoms with van der Waals surface area (Å²) < 4.78 is 2.17. The van der Waals surface area contributed by atoms with Gasteiger partial charge in [0, 0.05) is 11.1 Å². The molecule has 1 aliphatic rings. The van der Waals surface area contributed by atoms with E-state index in [1.54, 1.807) is 0 Å². The molecule has 0 bridgehead atoms. The molecule has 6 heteroatoms. The van der Waals surface area contributed by atoms with Crippen molar-refractivity contribution in [1.29, 1.82) is 0 Å². The first-order valence-electron chi connectivity index (χ1n) is 10.4. The van der Waals surface area contributed by atoms with Crippen molar-refractivity contribution in [2.24, 2.45) is 0 Å². The van der Waals surface area contributed by atoms with Gasteiger partial charge in [0.2, 0.25) is 5.91 Å². The third-order valence-corrected chi connectivity index (χ3v) is 6.83. The zero-order valence-corrected chi connectivity index (χ0v) is 18.4. The highest BCUT2D eigenvalue weighted by atomic mass is 35.5. The van der Waals surface area contributed by atoms with E-state index in [9.17, 15) is 4.79 Å². The Labute approximate surface area is 190 Å². The fourth-order valence-corrected chi connectivity index (χ4v) is 4.89. The standard InChI is InChI=1S/C25H22ClN3OS/c26-19-11-14-22-21(15-19)28-25(29(22)16-17-7-3-1-4-8-17)31-23(18-9-5-2-6-10-18)24(30)27-20-12-13-20/h1-11,14-15,20,23H,12-13,16H2,(H,27,30). The SMILES string of the molecule is O=C(NC1CC1)C(Sc1nc2cc(Cl)ccc2n1Cc1ccccc1)c1ccccc1. The van der Waals surface area contributed by atoms with Gasteiger partial charge in [-0.3, -0.25) is 4.79 Å². The monoisotopic (exact) mass is 447 g/mol. The largest absolute Gasteiger partial charge is 0.352 e. The Bertz CT molecular complexity index is 1210. The van der Waals surface area contributed by atoms with Crippen LogP contribution in [0.1, 0.15) is 29.2 Å². The normalized spacial score (nSPS) is 14.5. The van der Waals surface area contributed by atoms with E-state index in [-0.39, 0.29) is 11.2 Å². The van der Waals surface area contributed by atoms with Crippen LogP contribution in [0.5, 0.6) is 0 Å². The number of thioether (sulfide) groups is 1. The summed E-state index contributed by atoms with van der Waals surface area (Å²) in [5.41, 5.74) is 3.99. The quantitative estimate of drug-likeness (QED) is 0.361. The molecule has 4 aromatic rings. The minimum Gasteiger partial charge on any atom is -0.352 e. The summed E-state index contributed by atoms with van der Waals surface area (Å²) in [6.45, 7) is 0.674. The second kappa shape index (κ2) is 8.77. The fourth-order valence-electron chi connectivity index (χ4n) is 3.60. The van der Waals surface area contributed by atoms with Gasteiger partial charge in [-0.15, -0.1) is 0 Å². The predicted molar refractivity (Wildman–Crippen MR) is 126 cm³/mol. The number of carbonyl (C=O) groups excluding carboxylic acids is 1. The zero-order chi connectivity index (χ0) is 21.2. The number of benzene rings is 3. The van der Waals surface area contributed by atoms with Gasteiger partial charge < -0.3 is 9.88 Å². The van der Waals surface area contributed by atoms with Crippen molar-refractivity contribution in [1.82, 2.24) is 14.9 Å². The highest BCUT2D eigenvalue weighted by Crippen LogP contribution is 2.38. The number of carbonyl (C=O) groups is 1. The van der Waals surface area contributed by atoms with Crippen molar-refractivity contribution in [3.8, 4) is 0 Å². The van der Waals surface area contributed by atoms with Gasteiger partial charge in [-0.25, -0.2) is 4.98 Å². The highest BCUT2D eigenvalue weighted by molar-refractivity contribution is 8.00. The second-order valence-corrected chi connectivity index (χ2v) is 9.30. The molecule has 5 rings (SSSR count). The summed E-state index contributed by atoms with van der Waals surface area (Å²) in [4.78, 5) is 18.0. The molecule has 0 saturated heterocycles. The van der Waals surface area contributed by atoms with E-state index in [4.69, 9.17) is 16.6 Å². The molecule has 1 heterocycles. The van der Waals surface area contributed by atoms with Crippen LogP contribution in [0.25, 0.3) is 11.0 Å². The molecule has 1 fully saturated rings. The summed E-state index contributed by atoms with van der Waals surface area (Å²) in [6.07, 6.45) is 2.12. The Morgan fingerprint density at radius 2 is 1.77 bits per heavy atom. The summed E-state index contributed by atoms with van der Waals surface area (Å²) >= 11 is 7.73. The Balaban J connectivity index is 1.55. The van der Waals surface area contributed by atoms with Crippen molar-refractivity contribution in [3.63, 3.8) is 0 Å². The van der Waals surface area contributed by atoms with E-state index < -0.39 is 0 Å². The molecule has 0 spiro atoms. The van der Waals surface area contributed by atoms with Crippen LogP contribution in [0.4, 0.5) is 0 Å². The summed E-state index contributed by atoms with van der Waals surface area (Å²) in [6, 6.07) is 26.3. The number of imidazole rings is 1. The van der Waals surface area contributed by atoms with E-state index in [1.807, 2.05) is 66.7 Å². The number of hydrogen-bond donors (Lipinski definition) is 1. The Hall–Kier alpha value is -2.76. The molecule has 3 aromatic carbocycles. The average Bonchev–Trinajstić information content (AvgIpc) is 3.54. The number of fused-ring (bicyclic) bond motifs is 1. The molecular formula is C25H22ClN3OS. The van der Waals surface area contributed by atoms with Gasteiger partial charge in [-0.2, -0.15) is 0 Å². The smallest absolute Gasteiger partial charge is 0.238 e. The molecule has 156 valence electrons. The zero-order valence-electron chi connectivity index (χ0n) is 16.9. The minimum atomic E-state index is -0.372. The first-order valence-corrected chi connectivity index (χ1v) is 11.6. The maximum absolute atomic E-state index is 13.1. The topological polar surface area (TPSA) is 46.9 Å². The van der Waals surface area contributed by atoms with Gasteiger partial charge in [0.15, 0.2) is 5.16 Å². The molecule has 1 atom stereocenters. The van der Waals surface area contributed by atoms with Crippen LogP contribution in [0.2, 0.25) is 5.02 Å². The van der Waals surface area contributed by atoms with Gasteiger partial charge in [0.05, 0.1) is 17.6 Å². The third kappa shape index (κ3) is 4.63. The number of nitrogens with zero attached hydrogens (tertiary/aromatic N) is 2. The number of nitrogens with one attached hydrogen (secondary N) is 1.